The average Bonchev–Trinajstić information content (AvgIpc) is 2.38. The van der Waals surface area contributed by atoms with Crippen molar-refractivity contribution in [2.75, 3.05) is 14.2 Å². The molecular formula is C12H16N2O4. The molecule has 3 N–H and O–H groups in total. The highest BCUT2D eigenvalue weighted by Crippen LogP contribution is 2.18. The molecule has 1 rings (SSSR count). The fourth-order valence-electron chi connectivity index (χ4n) is 1.52. The molecule has 2 amide bonds. The van der Waals surface area contributed by atoms with Gasteiger partial charge in [0, 0.05) is 6.42 Å². The topological polar surface area (TPSA) is 90.7 Å². The van der Waals surface area contributed by atoms with Crippen LogP contribution in [-0.2, 0) is 16.0 Å². The zero-order valence-corrected chi connectivity index (χ0v) is 10.3. The first-order chi connectivity index (χ1) is 8.58. The third-order valence-corrected chi connectivity index (χ3v) is 2.44. The van der Waals surface area contributed by atoms with E-state index in [2.05, 4.69) is 10.1 Å². The molecule has 0 aliphatic carbocycles. The van der Waals surface area contributed by atoms with Crippen molar-refractivity contribution < 1.29 is 19.1 Å². The van der Waals surface area contributed by atoms with E-state index < -0.39 is 18.0 Å². The predicted molar refractivity (Wildman–Crippen MR) is 65.2 cm³/mol. The molecule has 1 aromatic carbocycles. The number of alkyl carbamates (subject to hydrolysis) is 1. The zero-order valence-electron chi connectivity index (χ0n) is 10.3. The lowest BCUT2D eigenvalue weighted by Gasteiger charge is -2.16. The molecule has 0 saturated carbocycles. The van der Waals surface area contributed by atoms with Gasteiger partial charge in [0.2, 0.25) is 5.91 Å². The monoisotopic (exact) mass is 252 g/mol. The SMILES string of the molecule is COC(=O)N[C@@H](Cc1ccccc1OC)C(N)=O. The second-order valence-electron chi connectivity index (χ2n) is 3.61. The van der Waals surface area contributed by atoms with Crippen LogP contribution in [0.5, 0.6) is 5.75 Å². The average molecular weight is 252 g/mol. The number of amides is 2. The van der Waals surface area contributed by atoms with E-state index in [9.17, 15) is 9.59 Å². The quantitative estimate of drug-likeness (QED) is 0.796. The lowest BCUT2D eigenvalue weighted by atomic mass is 10.0. The number of carbonyl (C=O) groups excluding carboxylic acids is 2. The van der Waals surface area contributed by atoms with Crippen molar-refractivity contribution in [2.45, 2.75) is 12.5 Å². The molecule has 0 aromatic heterocycles. The van der Waals surface area contributed by atoms with Gasteiger partial charge >= 0.3 is 6.09 Å². The first-order valence-electron chi connectivity index (χ1n) is 5.34. The molecule has 0 saturated heterocycles. The Hall–Kier alpha value is -2.24. The maximum absolute atomic E-state index is 11.3. The smallest absolute Gasteiger partial charge is 0.407 e. The molecule has 0 bridgehead atoms. The van der Waals surface area contributed by atoms with Crippen LogP contribution < -0.4 is 15.8 Å². The fourth-order valence-corrected chi connectivity index (χ4v) is 1.52. The van der Waals surface area contributed by atoms with Crippen molar-refractivity contribution in [1.29, 1.82) is 0 Å². The molecule has 98 valence electrons. The standard InChI is InChI=1S/C12H16N2O4/c1-17-10-6-4-3-5-8(10)7-9(11(13)15)14-12(16)18-2/h3-6,9H,7H2,1-2H3,(H2,13,15)(H,14,16)/t9-/m0/s1. The molecule has 1 atom stereocenters. The number of benzene rings is 1. The lowest BCUT2D eigenvalue weighted by Crippen LogP contribution is -2.45. The normalized spacial score (nSPS) is 11.4. The van der Waals surface area contributed by atoms with Gasteiger partial charge in [0.1, 0.15) is 11.8 Å². The van der Waals surface area contributed by atoms with Crippen LogP contribution in [0, 0.1) is 0 Å². The molecule has 6 nitrogen and oxygen atoms in total. The van der Waals surface area contributed by atoms with Gasteiger partial charge in [-0.05, 0) is 11.6 Å². The maximum atomic E-state index is 11.3. The summed E-state index contributed by atoms with van der Waals surface area (Å²) in [5, 5.41) is 2.37. The van der Waals surface area contributed by atoms with Crippen molar-refractivity contribution >= 4 is 12.0 Å². The molecule has 0 heterocycles. The summed E-state index contributed by atoms with van der Waals surface area (Å²) in [5.41, 5.74) is 6.01. The number of para-hydroxylation sites is 1. The van der Waals surface area contributed by atoms with Crippen LogP contribution in [0.15, 0.2) is 24.3 Å². The minimum Gasteiger partial charge on any atom is -0.496 e. The van der Waals surface area contributed by atoms with Crippen molar-refractivity contribution in [3.8, 4) is 5.75 Å². The molecule has 0 unspecified atom stereocenters. The molecule has 18 heavy (non-hydrogen) atoms. The number of carbonyl (C=O) groups is 2. The number of rotatable bonds is 5. The fraction of sp³-hybridized carbons (Fsp3) is 0.333. The Labute approximate surface area is 105 Å². The number of nitrogens with one attached hydrogen (secondary N) is 1. The van der Waals surface area contributed by atoms with Gasteiger partial charge in [-0.15, -0.1) is 0 Å². The van der Waals surface area contributed by atoms with Gasteiger partial charge in [0.15, 0.2) is 0 Å². The van der Waals surface area contributed by atoms with E-state index in [0.29, 0.717) is 5.75 Å². The second kappa shape index (κ2) is 6.48. The molecule has 6 heteroatoms. The van der Waals surface area contributed by atoms with Crippen LogP contribution in [0.1, 0.15) is 5.56 Å². The molecule has 1 aromatic rings. The van der Waals surface area contributed by atoms with Crippen LogP contribution in [0.3, 0.4) is 0 Å². The third kappa shape index (κ3) is 3.65. The highest BCUT2D eigenvalue weighted by Gasteiger charge is 2.20. The number of ether oxygens (including phenoxy) is 2. The first kappa shape index (κ1) is 13.8. The van der Waals surface area contributed by atoms with Gasteiger partial charge in [0.25, 0.3) is 0 Å². The van der Waals surface area contributed by atoms with Gasteiger partial charge in [-0.25, -0.2) is 4.79 Å². The van der Waals surface area contributed by atoms with Gasteiger partial charge in [-0.1, -0.05) is 18.2 Å². The summed E-state index contributed by atoms with van der Waals surface area (Å²) in [6, 6.07) is 6.36. The minimum absolute atomic E-state index is 0.244. The van der Waals surface area contributed by atoms with E-state index >= 15 is 0 Å². The predicted octanol–water partition coefficient (Wildman–Crippen LogP) is 0.448. The maximum Gasteiger partial charge on any atom is 0.407 e. The van der Waals surface area contributed by atoms with Crippen LogP contribution in [0.4, 0.5) is 4.79 Å². The number of primary amides is 1. The summed E-state index contributed by atoms with van der Waals surface area (Å²) < 4.78 is 9.60. The largest absolute Gasteiger partial charge is 0.496 e. The Bertz CT molecular complexity index is 434. The van der Waals surface area contributed by atoms with Gasteiger partial charge in [0.05, 0.1) is 14.2 Å². The van der Waals surface area contributed by atoms with Crippen molar-refractivity contribution in [3.05, 3.63) is 29.8 Å². The summed E-state index contributed by atoms with van der Waals surface area (Å²) in [6.07, 6.45) is -0.456. The molecule has 0 fully saturated rings. The van der Waals surface area contributed by atoms with E-state index in [1.54, 1.807) is 12.1 Å². The Morgan fingerprint density at radius 3 is 2.56 bits per heavy atom. The number of methoxy groups -OCH3 is 2. The van der Waals surface area contributed by atoms with Crippen LogP contribution in [0.2, 0.25) is 0 Å². The zero-order chi connectivity index (χ0) is 13.5. The van der Waals surface area contributed by atoms with Gasteiger partial charge in [-0.2, -0.15) is 0 Å². The van der Waals surface area contributed by atoms with Gasteiger partial charge < -0.3 is 20.5 Å². The molecule has 0 aliphatic rings. The summed E-state index contributed by atoms with van der Waals surface area (Å²) in [6.45, 7) is 0. The highest BCUT2D eigenvalue weighted by atomic mass is 16.5. The van der Waals surface area contributed by atoms with Crippen LogP contribution in [-0.4, -0.2) is 32.3 Å². The van der Waals surface area contributed by atoms with E-state index in [1.165, 1.54) is 14.2 Å². The summed E-state index contributed by atoms with van der Waals surface area (Å²) in [5.74, 6) is 0.00159. The van der Waals surface area contributed by atoms with E-state index in [0.717, 1.165) is 5.56 Å². The Morgan fingerprint density at radius 2 is 2.00 bits per heavy atom. The molecular weight excluding hydrogens is 236 g/mol. The van der Waals surface area contributed by atoms with Crippen molar-refractivity contribution in [2.24, 2.45) is 5.73 Å². The first-order valence-corrected chi connectivity index (χ1v) is 5.34. The van der Waals surface area contributed by atoms with Gasteiger partial charge in [-0.3, -0.25) is 4.79 Å². The van der Waals surface area contributed by atoms with E-state index in [1.807, 2.05) is 12.1 Å². The Kier molecular flexibility index (Phi) is 4.98. The summed E-state index contributed by atoms with van der Waals surface area (Å²) in [4.78, 5) is 22.4. The minimum atomic E-state index is -0.839. The van der Waals surface area contributed by atoms with Crippen LogP contribution in [0.25, 0.3) is 0 Å². The van der Waals surface area contributed by atoms with E-state index in [-0.39, 0.29) is 6.42 Å². The molecule has 0 spiro atoms. The number of hydrogen-bond acceptors (Lipinski definition) is 4. The number of hydrogen-bond donors (Lipinski definition) is 2. The second-order valence-corrected chi connectivity index (χ2v) is 3.61. The summed E-state index contributed by atoms with van der Waals surface area (Å²) in [7, 11) is 2.75. The van der Waals surface area contributed by atoms with Crippen molar-refractivity contribution in [1.82, 2.24) is 5.32 Å². The lowest BCUT2D eigenvalue weighted by molar-refractivity contribution is -0.119. The molecule has 0 aliphatic heterocycles. The third-order valence-electron chi connectivity index (χ3n) is 2.44. The summed E-state index contributed by atoms with van der Waals surface area (Å²) >= 11 is 0. The Balaban J connectivity index is 2.83. The van der Waals surface area contributed by atoms with Crippen molar-refractivity contribution in [3.63, 3.8) is 0 Å². The van der Waals surface area contributed by atoms with Crippen LogP contribution >= 0.6 is 0 Å². The Morgan fingerprint density at radius 1 is 1.33 bits per heavy atom. The highest BCUT2D eigenvalue weighted by molar-refractivity contribution is 5.84. The molecule has 0 radical (unpaired) electrons. The number of nitrogens with two attached hydrogens (primary N) is 1. The van der Waals surface area contributed by atoms with E-state index in [4.69, 9.17) is 10.5 Å².